The smallest absolute Gasteiger partial charge is 0.394 e. The lowest BCUT2D eigenvalue weighted by atomic mass is 10.2. The second kappa shape index (κ2) is 6.24. The Morgan fingerprint density at radius 1 is 1.36 bits per heavy atom. The third-order valence-corrected chi connectivity index (χ3v) is 4.82. The van der Waals surface area contributed by atoms with E-state index >= 15 is 0 Å². The number of phosphoric acid groups is 1. The molecule has 0 aromatic carbocycles. The van der Waals surface area contributed by atoms with E-state index in [4.69, 9.17) is 14.5 Å². The summed E-state index contributed by atoms with van der Waals surface area (Å²) >= 11 is 0. The number of anilines is 2. The Morgan fingerprint density at radius 3 is 2.64 bits per heavy atom. The standard InChI is InChI=1S/C12H19N4O8P/c1-14-5-16(10-9(14)11(18)15(2)12(19)13-10)8-3-6(7(4-17)23-8)24-25(20,21)22/h6-8,17H,3-5H2,1-2H3,(H,13,19)(H2,20,21,22)/t6-,7+,8+/m0/s1. The molecule has 140 valence electrons. The molecular formula is C12H19N4O8P. The Morgan fingerprint density at radius 2 is 2.04 bits per heavy atom. The summed E-state index contributed by atoms with van der Waals surface area (Å²) in [6, 6.07) is 0. The van der Waals surface area contributed by atoms with Gasteiger partial charge in [0.1, 0.15) is 29.9 Å². The predicted molar refractivity (Wildman–Crippen MR) is 85.3 cm³/mol. The summed E-state index contributed by atoms with van der Waals surface area (Å²) in [6.45, 7) is -0.277. The number of nitrogens with one attached hydrogen (secondary N) is 1. The fraction of sp³-hybridized carbons (Fsp3) is 0.667. The Bertz CT molecular complexity index is 831. The van der Waals surface area contributed by atoms with E-state index in [0.717, 1.165) is 4.57 Å². The van der Waals surface area contributed by atoms with Gasteiger partial charge in [-0.25, -0.2) is 9.36 Å². The number of hydrogen-bond acceptors (Lipinski definition) is 8. The molecule has 0 amide bonds. The predicted octanol–water partition coefficient (Wildman–Crippen LogP) is -2.13. The Labute approximate surface area is 141 Å². The average molecular weight is 378 g/mol. The van der Waals surface area contributed by atoms with Crippen LogP contribution in [0.15, 0.2) is 9.59 Å². The molecule has 0 saturated carbocycles. The summed E-state index contributed by atoms with van der Waals surface area (Å²) in [6.07, 6.45) is -2.66. The van der Waals surface area contributed by atoms with Gasteiger partial charge in [0.2, 0.25) is 0 Å². The van der Waals surface area contributed by atoms with Crippen LogP contribution in [0.1, 0.15) is 6.42 Å². The lowest BCUT2D eigenvalue weighted by Gasteiger charge is -2.25. The van der Waals surface area contributed by atoms with Gasteiger partial charge in [0.15, 0.2) is 0 Å². The zero-order valence-electron chi connectivity index (χ0n) is 13.5. The third kappa shape index (κ3) is 3.24. The van der Waals surface area contributed by atoms with E-state index < -0.39 is 44.1 Å². The van der Waals surface area contributed by atoms with Crippen molar-refractivity contribution in [2.75, 3.05) is 30.1 Å². The van der Waals surface area contributed by atoms with Gasteiger partial charge in [-0.1, -0.05) is 0 Å². The minimum absolute atomic E-state index is 0.0425. The van der Waals surface area contributed by atoms with Crippen molar-refractivity contribution >= 4 is 19.3 Å². The maximum absolute atomic E-state index is 12.3. The number of aromatic amines is 1. The second-order valence-electron chi connectivity index (χ2n) is 5.98. The number of aliphatic hydroxyl groups is 1. The van der Waals surface area contributed by atoms with Gasteiger partial charge >= 0.3 is 13.5 Å². The Kier molecular flexibility index (Phi) is 4.52. The summed E-state index contributed by atoms with van der Waals surface area (Å²) < 4.78 is 22.3. The molecular weight excluding hydrogens is 359 g/mol. The molecule has 1 fully saturated rings. The molecule has 1 aromatic rings. The zero-order chi connectivity index (χ0) is 18.5. The van der Waals surface area contributed by atoms with Gasteiger partial charge in [-0.3, -0.25) is 18.9 Å². The molecule has 12 nitrogen and oxygen atoms in total. The fourth-order valence-corrected chi connectivity index (χ4v) is 3.67. The monoisotopic (exact) mass is 378 g/mol. The van der Waals surface area contributed by atoms with Crippen molar-refractivity contribution in [1.82, 2.24) is 9.55 Å². The van der Waals surface area contributed by atoms with Crippen LogP contribution in [0.25, 0.3) is 0 Å². The van der Waals surface area contributed by atoms with Crippen LogP contribution < -0.4 is 21.0 Å². The number of nitrogens with zero attached hydrogens (tertiary/aromatic N) is 3. The SMILES string of the molecule is CN1CN([C@H]2C[C@H](OP(=O)(O)O)[C@@H](CO)O2)c2[nH]c(=O)n(C)c(=O)c21. The highest BCUT2D eigenvalue weighted by Crippen LogP contribution is 2.43. The van der Waals surface area contributed by atoms with Crippen molar-refractivity contribution in [3.63, 3.8) is 0 Å². The maximum Gasteiger partial charge on any atom is 0.469 e. The van der Waals surface area contributed by atoms with Gasteiger partial charge in [0, 0.05) is 20.5 Å². The van der Waals surface area contributed by atoms with Gasteiger partial charge in [0.25, 0.3) is 5.56 Å². The van der Waals surface area contributed by atoms with Gasteiger partial charge in [0.05, 0.1) is 13.3 Å². The normalized spacial score (nSPS) is 26.4. The highest BCUT2D eigenvalue weighted by atomic mass is 31.2. The number of aromatic nitrogens is 2. The molecule has 4 N–H and O–H groups in total. The molecule has 3 atom stereocenters. The summed E-state index contributed by atoms with van der Waals surface area (Å²) in [5.74, 6) is 0.258. The van der Waals surface area contributed by atoms with E-state index in [0.29, 0.717) is 0 Å². The highest BCUT2D eigenvalue weighted by Gasteiger charge is 2.44. The molecule has 0 spiro atoms. The first-order chi connectivity index (χ1) is 11.6. The average Bonchev–Trinajstić information content (AvgIpc) is 3.04. The number of hydrogen-bond donors (Lipinski definition) is 4. The van der Waals surface area contributed by atoms with Gasteiger partial charge in [-0.05, 0) is 0 Å². The summed E-state index contributed by atoms with van der Waals surface area (Å²) in [7, 11) is -1.73. The molecule has 3 rings (SSSR count). The van der Waals surface area contributed by atoms with Crippen molar-refractivity contribution in [1.29, 1.82) is 0 Å². The molecule has 0 aliphatic carbocycles. The fourth-order valence-electron chi connectivity index (χ4n) is 3.10. The number of fused-ring (bicyclic) bond motifs is 1. The van der Waals surface area contributed by atoms with Crippen molar-refractivity contribution in [2.24, 2.45) is 7.05 Å². The van der Waals surface area contributed by atoms with Crippen LogP contribution in [0, 0.1) is 0 Å². The van der Waals surface area contributed by atoms with Crippen LogP contribution in [0.4, 0.5) is 11.5 Å². The molecule has 3 heterocycles. The Hall–Kier alpha value is -1.69. The van der Waals surface area contributed by atoms with Crippen LogP contribution in [-0.2, 0) is 20.9 Å². The number of phosphoric ester groups is 1. The minimum atomic E-state index is -4.76. The molecule has 25 heavy (non-hydrogen) atoms. The van der Waals surface area contributed by atoms with Crippen LogP contribution in [0.5, 0.6) is 0 Å². The van der Waals surface area contributed by atoms with Crippen LogP contribution in [-0.4, -0.2) is 63.2 Å². The minimum Gasteiger partial charge on any atom is -0.394 e. The lowest BCUT2D eigenvalue weighted by Crippen LogP contribution is -2.38. The van der Waals surface area contributed by atoms with Crippen molar-refractivity contribution in [2.45, 2.75) is 24.9 Å². The molecule has 0 unspecified atom stereocenters. The topological polar surface area (TPSA) is 158 Å². The van der Waals surface area contributed by atoms with E-state index in [9.17, 15) is 19.3 Å². The van der Waals surface area contributed by atoms with Crippen LogP contribution in [0.2, 0.25) is 0 Å². The Balaban J connectivity index is 1.92. The molecule has 1 saturated heterocycles. The highest BCUT2D eigenvalue weighted by molar-refractivity contribution is 7.46. The maximum atomic E-state index is 12.3. The summed E-state index contributed by atoms with van der Waals surface area (Å²) in [4.78, 5) is 48.0. The molecule has 13 heteroatoms. The van der Waals surface area contributed by atoms with Gasteiger partial charge < -0.3 is 29.4 Å². The first-order valence-corrected chi connectivity index (χ1v) is 8.96. The van der Waals surface area contributed by atoms with Crippen molar-refractivity contribution < 1.29 is 28.7 Å². The quantitative estimate of drug-likeness (QED) is 0.427. The molecule has 1 aromatic heterocycles. The zero-order valence-corrected chi connectivity index (χ0v) is 14.4. The van der Waals surface area contributed by atoms with Gasteiger partial charge in [-0.15, -0.1) is 0 Å². The summed E-state index contributed by atoms with van der Waals surface area (Å²) in [5.41, 5.74) is -0.780. The summed E-state index contributed by atoms with van der Waals surface area (Å²) in [5, 5.41) is 9.37. The first-order valence-electron chi connectivity index (χ1n) is 7.43. The molecule has 0 radical (unpaired) electrons. The van der Waals surface area contributed by atoms with Crippen LogP contribution >= 0.6 is 7.82 Å². The second-order valence-corrected chi connectivity index (χ2v) is 7.17. The number of aliphatic hydroxyl groups excluding tert-OH is 1. The molecule has 2 aliphatic rings. The number of ether oxygens (including phenoxy) is 1. The van der Waals surface area contributed by atoms with E-state index in [1.807, 2.05) is 0 Å². The van der Waals surface area contributed by atoms with Crippen molar-refractivity contribution in [3.05, 3.63) is 20.8 Å². The van der Waals surface area contributed by atoms with E-state index in [1.165, 1.54) is 7.05 Å². The number of H-pyrrole nitrogens is 1. The van der Waals surface area contributed by atoms with Crippen LogP contribution in [0.3, 0.4) is 0 Å². The van der Waals surface area contributed by atoms with E-state index in [1.54, 1.807) is 16.8 Å². The van der Waals surface area contributed by atoms with E-state index in [2.05, 4.69) is 9.51 Å². The van der Waals surface area contributed by atoms with Gasteiger partial charge in [-0.2, -0.15) is 0 Å². The third-order valence-electron chi connectivity index (χ3n) is 4.28. The molecule has 0 bridgehead atoms. The van der Waals surface area contributed by atoms with Crippen molar-refractivity contribution in [3.8, 4) is 0 Å². The number of rotatable bonds is 4. The lowest BCUT2D eigenvalue weighted by molar-refractivity contribution is -0.0216. The first kappa shape index (κ1) is 18.1. The largest absolute Gasteiger partial charge is 0.469 e. The molecule has 2 aliphatic heterocycles. The van der Waals surface area contributed by atoms with E-state index in [-0.39, 0.29) is 24.6 Å².